The third kappa shape index (κ3) is 3.26. The van der Waals surface area contributed by atoms with Gasteiger partial charge in [0.25, 0.3) is 11.6 Å². The molecule has 3 aromatic rings. The Morgan fingerprint density at radius 3 is 2.75 bits per heavy atom. The Morgan fingerprint density at radius 1 is 1.21 bits per heavy atom. The number of carbonyl (C=O) groups excluding carboxylic acids is 1. The van der Waals surface area contributed by atoms with Crippen LogP contribution in [-0.4, -0.2) is 20.6 Å². The first-order chi connectivity index (χ1) is 11.5. The zero-order valence-corrected chi connectivity index (χ0v) is 13.0. The fourth-order valence-corrected chi connectivity index (χ4v) is 2.33. The van der Waals surface area contributed by atoms with Crippen LogP contribution in [-0.2, 0) is 0 Å². The van der Waals surface area contributed by atoms with Crippen molar-refractivity contribution in [2.75, 3.05) is 5.32 Å². The molecule has 0 unspecified atom stereocenters. The van der Waals surface area contributed by atoms with E-state index < -0.39 is 4.92 Å². The third-order valence-corrected chi connectivity index (χ3v) is 3.60. The predicted octanol–water partition coefficient (Wildman–Crippen LogP) is 3.69. The van der Waals surface area contributed by atoms with E-state index in [1.54, 1.807) is 41.3 Å². The van der Waals surface area contributed by atoms with Gasteiger partial charge in [-0.05, 0) is 36.4 Å². The second-order valence-electron chi connectivity index (χ2n) is 4.88. The molecule has 0 aliphatic carbocycles. The van der Waals surface area contributed by atoms with Gasteiger partial charge in [-0.25, -0.2) is 4.68 Å². The molecule has 0 saturated heterocycles. The van der Waals surface area contributed by atoms with Crippen molar-refractivity contribution in [1.29, 1.82) is 0 Å². The van der Waals surface area contributed by atoms with E-state index in [1.165, 1.54) is 18.2 Å². The molecule has 0 fully saturated rings. The van der Waals surface area contributed by atoms with Crippen LogP contribution in [0.3, 0.4) is 0 Å². The fraction of sp³-hybridized carbons (Fsp3) is 0. The predicted molar refractivity (Wildman–Crippen MR) is 89.6 cm³/mol. The van der Waals surface area contributed by atoms with Gasteiger partial charge in [-0.3, -0.25) is 14.9 Å². The summed E-state index contributed by atoms with van der Waals surface area (Å²) in [6, 6.07) is 12.7. The van der Waals surface area contributed by atoms with Crippen molar-refractivity contribution in [1.82, 2.24) is 9.78 Å². The molecule has 0 bridgehead atoms. The normalized spacial score (nSPS) is 10.4. The SMILES string of the molecule is O=C(Nc1ccc(Cl)c([N+](=O)[O-])c1)c1cccc(-n2cccn2)c1. The first-order valence-corrected chi connectivity index (χ1v) is 7.28. The van der Waals surface area contributed by atoms with Gasteiger partial charge in [0.2, 0.25) is 0 Å². The first-order valence-electron chi connectivity index (χ1n) is 6.90. The van der Waals surface area contributed by atoms with Gasteiger partial charge in [0.1, 0.15) is 5.02 Å². The van der Waals surface area contributed by atoms with Crippen LogP contribution in [0.5, 0.6) is 0 Å². The van der Waals surface area contributed by atoms with Crippen LogP contribution in [0.25, 0.3) is 5.69 Å². The van der Waals surface area contributed by atoms with Crippen molar-refractivity contribution in [3.8, 4) is 5.69 Å². The molecule has 8 heteroatoms. The van der Waals surface area contributed by atoms with E-state index in [2.05, 4.69) is 10.4 Å². The van der Waals surface area contributed by atoms with Gasteiger partial charge in [-0.15, -0.1) is 0 Å². The Labute approximate surface area is 141 Å². The molecule has 7 nitrogen and oxygen atoms in total. The van der Waals surface area contributed by atoms with Gasteiger partial charge in [-0.2, -0.15) is 5.10 Å². The number of nitro benzene ring substituents is 1. The molecular weight excluding hydrogens is 332 g/mol. The summed E-state index contributed by atoms with van der Waals surface area (Å²) in [4.78, 5) is 22.7. The van der Waals surface area contributed by atoms with Crippen LogP contribution < -0.4 is 5.32 Å². The van der Waals surface area contributed by atoms with E-state index in [0.29, 0.717) is 11.3 Å². The molecule has 1 N–H and O–H groups in total. The quantitative estimate of drug-likeness (QED) is 0.578. The second kappa shape index (κ2) is 6.51. The van der Waals surface area contributed by atoms with Crippen LogP contribution in [0.4, 0.5) is 11.4 Å². The highest BCUT2D eigenvalue weighted by molar-refractivity contribution is 6.32. The Hall–Kier alpha value is -3.19. The molecule has 0 saturated carbocycles. The molecule has 0 atom stereocenters. The largest absolute Gasteiger partial charge is 0.322 e. The minimum absolute atomic E-state index is 0.0127. The summed E-state index contributed by atoms with van der Waals surface area (Å²) >= 11 is 5.76. The van der Waals surface area contributed by atoms with E-state index in [9.17, 15) is 14.9 Å². The van der Waals surface area contributed by atoms with E-state index in [4.69, 9.17) is 11.6 Å². The number of nitrogens with one attached hydrogen (secondary N) is 1. The molecule has 120 valence electrons. The van der Waals surface area contributed by atoms with Gasteiger partial charge >= 0.3 is 0 Å². The lowest BCUT2D eigenvalue weighted by molar-refractivity contribution is -0.384. The number of rotatable bonds is 4. The Bertz CT molecular complexity index is 909. The summed E-state index contributed by atoms with van der Waals surface area (Å²) < 4.78 is 1.63. The van der Waals surface area contributed by atoms with E-state index in [-0.39, 0.29) is 16.6 Å². The highest BCUT2D eigenvalue weighted by Gasteiger charge is 2.14. The molecule has 0 radical (unpaired) electrons. The Kier molecular flexibility index (Phi) is 4.26. The Morgan fingerprint density at radius 2 is 2.04 bits per heavy atom. The summed E-state index contributed by atoms with van der Waals surface area (Å²) in [5, 5.41) is 17.6. The number of anilines is 1. The first kappa shape index (κ1) is 15.7. The fourth-order valence-electron chi connectivity index (χ4n) is 2.14. The number of halogens is 1. The lowest BCUT2D eigenvalue weighted by atomic mass is 10.2. The molecule has 0 spiro atoms. The standard InChI is InChI=1S/C16H11ClN4O3/c17-14-6-5-12(10-15(14)21(23)24)19-16(22)11-3-1-4-13(9-11)20-8-2-7-18-20/h1-10H,(H,19,22). The van der Waals surface area contributed by atoms with E-state index in [0.717, 1.165) is 5.69 Å². The van der Waals surface area contributed by atoms with Crippen molar-refractivity contribution in [2.45, 2.75) is 0 Å². The van der Waals surface area contributed by atoms with Crippen LogP contribution in [0.15, 0.2) is 60.9 Å². The second-order valence-corrected chi connectivity index (χ2v) is 5.29. The smallest absolute Gasteiger partial charge is 0.289 e. The number of carbonyl (C=O) groups is 1. The summed E-state index contributed by atoms with van der Waals surface area (Å²) in [5.41, 5.74) is 1.16. The molecular formula is C16H11ClN4O3. The van der Waals surface area contributed by atoms with Gasteiger partial charge < -0.3 is 5.32 Å². The van der Waals surface area contributed by atoms with Gasteiger partial charge in [0.05, 0.1) is 10.6 Å². The molecule has 24 heavy (non-hydrogen) atoms. The van der Waals surface area contributed by atoms with E-state index >= 15 is 0 Å². The zero-order chi connectivity index (χ0) is 17.1. The van der Waals surface area contributed by atoms with Crippen molar-refractivity contribution in [3.63, 3.8) is 0 Å². The number of nitrogens with zero attached hydrogens (tertiary/aromatic N) is 3. The number of benzene rings is 2. The highest BCUT2D eigenvalue weighted by atomic mass is 35.5. The third-order valence-electron chi connectivity index (χ3n) is 3.28. The van der Waals surface area contributed by atoms with Crippen LogP contribution in [0.2, 0.25) is 5.02 Å². The van der Waals surface area contributed by atoms with Gasteiger partial charge in [-0.1, -0.05) is 17.7 Å². The van der Waals surface area contributed by atoms with Gasteiger partial charge in [0, 0.05) is 29.7 Å². The van der Waals surface area contributed by atoms with Crippen LogP contribution in [0.1, 0.15) is 10.4 Å². The van der Waals surface area contributed by atoms with Crippen molar-refractivity contribution >= 4 is 28.9 Å². The summed E-state index contributed by atoms with van der Waals surface area (Å²) in [7, 11) is 0. The summed E-state index contributed by atoms with van der Waals surface area (Å²) in [6.07, 6.45) is 3.40. The minimum atomic E-state index is -0.601. The number of nitro groups is 1. The van der Waals surface area contributed by atoms with Crippen molar-refractivity contribution < 1.29 is 9.72 Å². The number of aromatic nitrogens is 2. The maximum atomic E-state index is 12.4. The van der Waals surface area contributed by atoms with E-state index in [1.807, 2.05) is 6.07 Å². The maximum absolute atomic E-state index is 12.4. The number of amides is 1. The average Bonchev–Trinajstić information content (AvgIpc) is 3.11. The lowest BCUT2D eigenvalue weighted by Crippen LogP contribution is -2.12. The molecule has 0 aliphatic heterocycles. The lowest BCUT2D eigenvalue weighted by Gasteiger charge is -2.07. The molecule has 3 rings (SSSR count). The average molecular weight is 343 g/mol. The number of hydrogen-bond donors (Lipinski definition) is 1. The highest BCUT2D eigenvalue weighted by Crippen LogP contribution is 2.27. The molecule has 1 heterocycles. The summed E-state index contributed by atoms with van der Waals surface area (Å²) in [6.45, 7) is 0. The molecule has 1 aromatic heterocycles. The number of hydrogen-bond acceptors (Lipinski definition) is 4. The Balaban J connectivity index is 1.84. The van der Waals surface area contributed by atoms with Crippen molar-refractivity contribution in [3.05, 3.63) is 81.6 Å². The van der Waals surface area contributed by atoms with Crippen LogP contribution in [0, 0.1) is 10.1 Å². The maximum Gasteiger partial charge on any atom is 0.289 e. The minimum Gasteiger partial charge on any atom is -0.322 e. The monoisotopic (exact) mass is 342 g/mol. The zero-order valence-electron chi connectivity index (χ0n) is 12.2. The topological polar surface area (TPSA) is 90.1 Å². The van der Waals surface area contributed by atoms with Crippen molar-refractivity contribution in [2.24, 2.45) is 0 Å². The molecule has 0 aliphatic rings. The molecule has 2 aromatic carbocycles. The van der Waals surface area contributed by atoms with Crippen LogP contribution >= 0.6 is 11.6 Å². The summed E-state index contributed by atoms with van der Waals surface area (Å²) in [5.74, 6) is -0.388. The van der Waals surface area contributed by atoms with Gasteiger partial charge in [0.15, 0.2) is 0 Å². The molecule has 1 amide bonds.